The van der Waals surface area contributed by atoms with Crippen molar-refractivity contribution in [2.45, 2.75) is 6.54 Å². The highest BCUT2D eigenvalue weighted by atomic mass is 32.1. The van der Waals surface area contributed by atoms with E-state index >= 15 is 0 Å². The molecule has 0 unspecified atom stereocenters. The van der Waals surface area contributed by atoms with E-state index in [1.165, 1.54) is 0 Å². The normalized spacial score (nSPS) is 10.4. The van der Waals surface area contributed by atoms with Crippen LogP contribution in [0.4, 0.5) is 10.5 Å². The number of nitrogens with one attached hydrogen (secondary N) is 2. The predicted molar refractivity (Wildman–Crippen MR) is 90.4 cm³/mol. The van der Waals surface area contributed by atoms with Gasteiger partial charge in [0.15, 0.2) is 0 Å². The van der Waals surface area contributed by atoms with Gasteiger partial charge in [-0.05, 0) is 30.3 Å². The fourth-order valence-electron chi connectivity index (χ4n) is 2.13. The van der Waals surface area contributed by atoms with Crippen LogP contribution in [0, 0.1) is 0 Å². The molecule has 0 aliphatic heterocycles. The Bertz CT molecular complexity index is 842. The Morgan fingerprint density at radius 3 is 2.74 bits per heavy atom. The summed E-state index contributed by atoms with van der Waals surface area (Å²) in [5.41, 5.74) is 6.91. The number of carbonyl (C=O) groups excluding carboxylic acids is 2. The molecule has 23 heavy (non-hydrogen) atoms. The molecule has 0 atom stereocenters. The monoisotopic (exact) mass is 326 g/mol. The van der Waals surface area contributed by atoms with Gasteiger partial charge in [-0.15, -0.1) is 11.3 Å². The molecular weight excluding hydrogens is 312 g/mol. The van der Waals surface area contributed by atoms with Crippen molar-refractivity contribution < 1.29 is 9.59 Å². The van der Waals surface area contributed by atoms with Gasteiger partial charge in [0.2, 0.25) is 0 Å². The van der Waals surface area contributed by atoms with Crippen LogP contribution in [0.25, 0.3) is 10.2 Å². The number of hydrogen-bond acceptors (Lipinski definition) is 4. The summed E-state index contributed by atoms with van der Waals surface area (Å²) < 4.78 is 1.09. The molecule has 0 radical (unpaired) electrons. The van der Waals surface area contributed by atoms with E-state index in [9.17, 15) is 9.59 Å². The second-order valence-electron chi connectivity index (χ2n) is 4.83. The lowest BCUT2D eigenvalue weighted by Gasteiger charge is -2.06. The highest BCUT2D eigenvalue weighted by Gasteiger charge is 2.09. The van der Waals surface area contributed by atoms with Crippen LogP contribution in [-0.4, -0.2) is 16.9 Å². The smallest absolute Gasteiger partial charge is 0.316 e. The molecule has 0 spiro atoms. The lowest BCUT2D eigenvalue weighted by molar-refractivity contribution is 0.0951. The van der Waals surface area contributed by atoms with Gasteiger partial charge in [0, 0.05) is 11.3 Å². The van der Waals surface area contributed by atoms with Crippen molar-refractivity contribution in [2.24, 2.45) is 5.73 Å². The number of aromatic nitrogens is 1. The number of urea groups is 1. The summed E-state index contributed by atoms with van der Waals surface area (Å²) in [6.07, 6.45) is 0. The number of rotatable bonds is 4. The molecule has 0 saturated heterocycles. The van der Waals surface area contributed by atoms with E-state index in [-0.39, 0.29) is 5.91 Å². The Kier molecular flexibility index (Phi) is 4.20. The van der Waals surface area contributed by atoms with Crippen LogP contribution in [0.2, 0.25) is 0 Å². The van der Waals surface area contributed by atoms with E-state index in [2.05, 4.69) is 15.6 Å². The maximum Gasteiger partial charge on any atom is 0.316 e. The Morgan fingerprint density at radius 2 is 1.96 bits per heavy atom. The largest absolute Gasteiger partial charge is 0.351 e. The Morgan fingerprint density at radius 1 is 1.13 bits per heavy atom. The van der Waals surface area contributed by atoms with Crippen LogP contribution >= 0.6 is 11.3 Å². The quantitative estimate of drug-likeness (QED) is 0.687. The van der Waals surface area contributed by atoms with Crippen molar-refractivity contribution in [3.63, 3.8) is 0 Å². The van der Waals surface area contributed by atoms with Crippen LogP contribution in [0.3, 0.4) is 0 Å². The SMILES string of the molecule is NC(=O)Nc1cccc(C(=O)NCc2nc3ccccc3s2)c1. The molecule has 0 saturated carbocycles. The molecule has 0 bridgehead atoms. The minimum atomic E-state index is -0.669. The zero-order chi connectivity index (χ0) is 16.2. The first-order chi connectivity index (χ1) is 11.1. The van der Waals surface area contributed by atoms with Gasteiger partial charge in [0.05, 0.1) is 16.8 Å². The van der Waals surface area contributed by atoms with Crippen molar-refractivity contribution in [1.29, 1.82) is 0 Å². The molecule has 3 aromatic rings. The third-order valence-electron chi connectivity index (χ3n) is 3.13. The number of benzene rings is 2. The minimum absolute atomic E-state index is 0.239. The van der Waals surface area contributed by atoms with E-state index in [1.54, 1.807) is 35.6 Å². The molecule has 3 amide bonds. The van der Waals surface area contributed by atoms with Crippen LogP contribution in [0.5, 0.6) is 0 Å². The summed E-state index contributed by atoms with van der Waals surface area (Å²) in [7, 11) is 0. The van der Waals surface area contributed by atoms with E-state index in [0.29, 0.717) is 17.8 Å². The molecule has 7 heteroatoms. The number of nitrogens with two attached hydrogens (primary N) is 1. The molecule has 1 aromatic heterocycles. The van der Waals surface area contributed by atoms with Crippen molar-refractivity contribution in [3.8, 4) is 0 Å². The van der Waals surface area contributed by atoms with Crippen LogP contribution < -0.4 is 16.4 Å². The minimum Gasteiger partial charge on any atom is -0.351 e. The van der Waals surface area contributed by atoms with E-state index in [4.69, 9.17) is 5.73 Å². The zero-order valence-electron chi connectivity index (χ0n) is 12.1. The molecule has 0 fully saturated rings. The number of nitrogens with zero attached hydrogens (tertiary/aromatic N) is 1. The summed E-state index contributed by atoms with van der Waals surface area (Å²) >= 11 is 1.55. The summed E-state index contributed by atoms with van der Waals surface area (Å²) in [4.78, 5) is 27.5. The summed E-state index contributed by atoms with van der Waals surface area (Å²) in [5.74, 6) is -0.239. The number of para-hydroxylation sites is 1. The molecule has 116 valence electrons. The summed E-state index contributed by atoms with van der Waals surface area (Å²) in [6, 6.07) is 13.7. The number of anilines is 1. The van der Waals surface area contributed by atoms with Gasteiger partial charge in [-0.25, -0.2) is 9.78 Å². The van der Waals surface area contributed by atoms with E-state index < -0.39 is 6.03 Å². The number of primary amides is 1. The average molecular weight is 326 g/mol. The van der Waals surface area contributed by atoms with Crippen molar-refractivity contribution >= 4 is 39.2 Å². The number of thiazole rings is 1. The highest BCUT2D eigenvalue weighted by molar-refractivity contribution is 7.18. The first kappa shape index (κ1) is 15.0. The molecular formula is C16H14N4O2S. The highest BCUT2D eigenvalue weighted by Crippen LogP contribution is 2.21. The standard InChI is InChI=1S/C16H14N4O2S/c17-16(22)19-11-5-3-4-10(8-11)15(21)18-9-14-20-12-6-1-2-7-13(12)23-14/h1-8H,9H2,(H,18,21)(H3,17,19,22). The predicted octanol–water partition coefficient (Wildman–Crippen LogP) is 2.72. The zero-order valence-corrected chi connectivity index (χ0v) is 12.9. The third-order valence-corrected chi connectivity index (χ3v) is 4.17. The molecule has 1 heterocycles. The topological polar surface area (TPSA) is 97.1 Å². The molecule has 0 aliphatic rings. The van der Waals surface area contributed by atoms with Gasteiger partial charge in [-0.2, -0.15) is 0 Å². The van der Waals surface area contributed by atoms with Gasteiger partial charge in [-0.1, -0.05) is 18.2 Å². The molecule has 2 aromatic carbocycles. The molecule has 3 rings (SSSR count). The van der Waals surface area contributed by atoms with Gasteiger partial charge in [0.1, 0.15) is 5.01 Å². The number of fused-ring (bicyclic) bond motifs is 1. The maximum atomic E-state index is 12.2. The second-order valence-corrected chi connectivity index (χ2v) is 5.94. The van der Waals surface area contributed by atoms with Gasteiger partial charge >= 0.3 is 6.03 Å². The number of amides is 3. The van der Waals surface area contributed by atoms with Gasteiger partial charge in [0.25, 0.3) is 5.91 Å². The van der Waals surface area contributed by atoms with Crippen molar-refractivity contribution in [2.75, 3.05) is 5.32 Å². The molecule has 6 nitrogen and oxygen atoms in total. The average Bonchev–Trinajstić information content (AvgIpc) is 2.95. The number of carbonyl (C=O) groups is 2. The first-order valence-corrected chi connectivity index (χ1v) is 7.72. The van der Waals surface area contributed by atoms with Crippen LogP contribution in [0.1, 0.15) is 15.4 Å². The van der Waals surface area contributed by atoms with Gasteiger partial charge in [-0.3, -0.25) is 4.79 Å². The lowest BCUT2D eigenvalue weighted by Crippen LogP contribution is -2.23. The first-order valence-electron chi connectivity index (χ1n) is 6.91. The maximum absolute atomic E-state index is 12.2. The Labute approximate surface area is 136 Å². The van der Waals surface area contributed by atoms with Gasteiger partial charge < -0.3 is 16.4 Å². The third kappa shape index (κ3) is 3.64. The fourth-order valence-corrected chi connectivity index (χ4v) is 3.04. The van der Waals surface area contributed by atoms with Crippen molar-refractivity contribution in [1.82, 2.24) is 10.3 Å². The lowest BCUT2D eigenvalue weighted by atomic mass is 10.2. The molecule has 4 N–H and O–H groups in total. The Hall–Kier alpha value is -2.93. The molecule has 0 aliphatic carbocycles. The summed E-state index contributed by atoms with van der Waals surface area (Å²) in [6.45, 7) is 0.353. The summed E-state index contributed by atoms with van der Waals surface area (Å²) in [5, 5.41) is 6.10. The Balaban J connectivity index is 1.68. The number of hydrogen-bond donors (Lipinski definition) is 3. The van der Waals surface area contributed by atoms with Crippen molar-refractivity contribution in [3.05, 3.63) is 59.1 Å². The van der Waals surface area contributed by atoms with E-state index in [1.807, 2.05) is 24.3 Å². The van der Waals surface area contributed by atoms with Crippen LogP contribution in [0.15, 0.2) is 48.5 Å². The van der Waals surface area contributed by atoms with E-state index in [0.717, 1.165) is 15.2 Å². The van der Waals surface area contributed by atoms with Crippen LogP contribution in [-0.2, 0) is 6.54 Å². The fraction of sp³-hybridized carbons (Fsp3) is 0.0625. The second kappa shape index (κ2) is 6.45.